The maximum Gasteiger partial charge on any atom is 0.296 e. The van der Waals surface area contributed by atoms with Gasteiger partial charge in [0.25, 0.3) is 11.7 Å². The van der Waals surface area contributed by atoms with E-state index in [1.54, 1.807) is 54.6 Å². The van der Waals surface area contributed by atoms with Crippen LogP contribution in [0.15, 0.2) is 101 Å². The largest absolute Gasteiger partial charge is 0.507 e. The zero-order chi connectivity index (χ0) is 27.4. The van der Waals surface area contributed by atoms with Crippen molar-refractivity contribution in [3.8, 4) is 17.2 Å². The third-order valence-corrected chi connectivity index (χ3v) is 6.55. The minimum absolute atomic E-state index is 0.0308. The van der Waals surface area contributed by atoms with Gasteiger partial charge in [0.05, 0.1) is 38.6 Å². The van der Waals surface area contributed by atoms with Crippen LogP contribution in [-0.2, 0) is 22.7 Å². The number of carbonyl (C=O) groups excluding carboxylic acids is 2. The molecule has 1 unspecified atom stereocenters. The molecule has 0 aliphatic carbocycles. The van der Waals surface area contributed by atoms with Crippen LogP contribution in [0.25, 0.3) is 5.76 Å². The highest BCUT2D eigenvalue weighted by atomic mass is 16.5. The van der Waals surface area contributed by atoms with Crippen molar-refractivity contribution in [3.63, 3.8) is 0 Å². The lowest BCUT2D eigenvalue weighted by molar-refractivity contribution is -0.140. The third-order valence-electron chi connectivity index (χ3n) is 6.55. The van der Waals surface area contributed by atoms with Gasteiger partial charge in [-0.3, -0.25) is 9.59 Å². The molecule has 1 atom stereocenters. The van der Waals surface area contributed by atoms with Gasteiger partial charge in [-0.05, 0) is 59.7 Å². The summed E-state index contributed by atoms with van der Waals surface area (Å²) < 4.78 is 22.3. The average molecular weight is 526 g/mol. The zero-order valence-electron chi connectivity index (χ0n) is 21.5. The van der Waals surface area contributed by atoms with Crippen LogP contribution in [-0.4, -0.2) is 35.9 Å². The smallest absolute Gasteiger partial charge is 0.296 e. The number of aliphatic hydroxyl groups excluding tert-OH is 1. The lowest BCUT2D eigenvalue weighted by Crippen LogP contribution is -2.29. The highest BCUT2D eigenvalue weighted by Crippen LogP contribution is 2.43. The lowest BCUT2D eigenvalue weighted by atomic mass is 9.95. The van der Waals surface area contributed by atoms with E-state index < -0.39 is 17.7 Å². The Morgan fingerprint density at radius 1 is 0.897 bits per heavy atom. The Hall–Kier alpha value is -4.98. The molecule has 1 aliphatic rings. The third kappa shape index (κ3) is 5.22. The molecule has 39 heavy (non-hydrogen) atoms. The standard InChI is InChI=1S/C31H27NO7/c1-36-23-13-10-21(11-14-23)29(33)27-28(32(31(35)30(27)34)18-24-9-6-16-38-24)22-12-15-25(26(17-22)37-2)39-19-20-7-4-3-5-8-20/h3-17,28,33H,18-19H2,1-2H3. The highest BCUT2D eigenvalue weighted by Gasteiger charge is 2.46. The minimum atomic E-state index is -0.894. The van der Waals surface area contributed by atoms with Gasteiger partial charge in [-0.2, -0.15) is 0 Å². The van der Waals surface area contributed by atoms with Crippen molar-refractivity contribution in [1.82, 2.24) is 4.90 Å². The van der Waals surface area contributed by atoms with Crippen LogP contribution in [0.1, 0.15) is 28.5 Å². The normalized spacial score (nSPS) is 16.4. The molecular weight excluding hydrogens is 498 g/mol. The SMILES string of the molecule is COc1ccc(C(O)=C2C(=O)C(=O)N(Cc3ccco3)C2c2ccc(OCc3ccccc3)c(OC)c2)cc1. The predicted molar refractivity (Wildman–Crippen MR) is 143 cm³/mol. The predicted octanol–water partition coefficient (Wildman–Crippen LogP) is 5.50. The van der Waals surface area contributed by atoms with E-state index in [4.69, 9.17) is 18.6 Å². The molecular formula is C31H27NO7. The molecule has 0 radical (unpaired) electrons. The average Bonchev–Trinajstić information content (AvgIpc) is 3.58. The summed E-state index contributed by atoms with van der Waals surface area (Å²) in [5.41, 5.74) is 1.91. The van der Waals surface area contributed by atoms with Crippen LogP contribution in [0.4, 0.5) is 0 Å². The fraction of sp³-hybridized carbons (Fsp3) is 0.161. The van der Waals surface area contributed by atoms with Crippen molar-refractivity contribution in [1.29, 1.82) is 0 Å². The van der Waals surface area contributed by atoms with Gasteiger partial charge in [0.2, 0.25) is 0 Å². The second-order valence-corrected chi connectivity index (χ2v) is 8.92. The first-order chi connectivity index (χ1) is 19.0. The second-order valence-electron chi connectivity index (χ2n) is 8.92. The number of likely N-dealkylation sites (tertiary alicyclic amines) is 1. The Kier molecular flexibility index (Phi) is 7.36. The molecule has 1 aliphatic heterocycles. The van der Waals surface area contributed by atoms with Gasteiger partial charge < -0.3 is 28.6 Å². The van der Waals surface area contributed by atoms with Gasteiger partial charge in [0.1, 0.15) is 23.9 Å². The fourth-order valence-corrected chi connectivity index (χ4v) is 4.57. The molecule has 1 fully saturated rings. The van der Waals surface area contributed by atoms with Crippen LogP contribution in [0.5, 0.6) is 17.2 Å². The number of amides is 1. The number of rotatable bonds is 9. The van der Waals surface area contributed by atoms with E-state index in [0.29, 0.717) is 40.7 Å². The summed E-state index contributed by atoms with van der Waals surface area (Å²) in [7, 11) is 3.06. The summed E-state index contributed by atoms with van der Waals surface area (Å²) in [6.07, 6.45) is 1.50. The van der Waals surface area contributed by atoms with Crippen molar-refractivity contribution in [2.75, 3.05) is 14.2 Å². The quantitative estimate of drug-likeness (QED) is 0.175. The van der Waals surface area contributed by atoms with Crippen molar-refractivity contribution in [3.05, 3.63) is 119 Å². The first-order valence-corrected chi connectivity index (χ1v) is 12.3. The number of hydrogen-bond donors (Lipinski definition) is 1. The van der Waals surface area contributed by atoms with Crippen molar-refractivity contribution in [2.45, 2.75) is 19.2 Å². The minimum Gasteiger partial charge on any atom is -0.507 e. The van der Waals surface area contributed by atoms with Gasteiger partial charge >= 0.3 is 0 Å². The maximum atomic E-state index is 13.3. The molecule has 2 heterocycles. The van der Waals surface area contributed by atoms with Crippen LogP contribution in [0, 0.1) is 0 Å². The summed E-state index contributed by atoms with van der Waals surface area (Å²) in [6.45, 7) is 0.376. The second kappa shape index (κ2) is 11.2. The van der Waals surface area contributed by atoms with Crippen LogP contribution in [0.2, 0.25) is 0 Å². The number of benzene rings is 3. The van der Waals surface area contributed by atoms with Crippen LogP contribution in [0.3, 0.4) is 0 Å². The molecule has 1 saturated heterocycles. The number of furan rings is 1. The van der Waals surface area contributed by atoms with E-state index in [-0.39, 0.29) is 17.9 Å². The van der Waals surface area contributed by atoms with Gasteiger partial charge in [0, 0.05) is 5.56 Å². The molecule has 1 amide bonds. The molecule has 198 valence electrons. The Morgan fingerprint density at radius 3 is 2.33 bits per heavy atom. The number of methoxy groups -OCH3 is 2. The molecule has 0 spiro atoms. The Bertz CT molecular complexity index is 1490. The fourth-order valence-electron chi connectivity index (χ4n) is 4.57. The topological polar surface area (TPSA) is 98.4 Å². The molecule has 8 heteroatoms. The zero-order valence-corrected chi connectivity index (χ0v) is 21.5. The van der Waals surface area contributed by atoms with Crippen LogP contribution >= 0.6 is 0 Å². The lowest BCUT2D eigenvalue weighted by Gasteiger charge is -2.25. The number of nitrogens with zero attached hydrogens (tertiary/aromatic N) is 1. The molecule has 8 nitrogen and oxygen atoms in total. The van der Waals surface area contributed by atoms with E-state index in [9.17, 15) is 14.7 Å². The number of ether oxygens (including phenoxy) is 3. The van der Waals surface area contributed by atoms with E-state index in [1.165, 1.54) is 25.4 Å². The molecule has 4 aromatic rings. The molecule has 0 bridgehead atoms. The van der Waals surface area contributed by atoms with Gasteiger partial charge in [-0.25, -0.2) is 0 Å². The van der Waals surface area contributed by atoms with E-state index in [0.717, 1.165) is 5.56 Å². The maximum absolute atomic E-state index is 13.3. The van der Waals surface area contributed by atoms with Crippen LogP contribution < -0.4 is 14.2 Å². The Balaban J connectivity index is 1.56. The molecule has 0 saturated carbocycles. The summed E-state index contributed by atoms with van der Waals surface area (Å²) in [6, 6.07) is 24.1. The first-order valence-electron chi connectivity index (χ1n) is 12.3. The molecule has 1 aromatic heterocycles. The number of carbonyl (C=O) groups is 2. The van der Waals surface area contributed by atoms with Gasteiger partial charge in [-0.15, -0.1) is 0 Å². The summed E-state index contributed by atoms with van der Waals surface area (Å²) in [5, 5.41) is 11.3. The number of Topliss-reactive ketones (excluding diaryl/α,β-unsaturated/α-hetero) is 1. The number of ketones is 1. The molecule has 5 rings (SSSR count). The van der Waals surface area contributed by atoms with E-state index in [2.05, 4.69) is 0 Å². The number of aliphatic hydroxyl groups is 1. The van der Waals surface area contributed by atoms with Crippen molar-refractivity contribution < 1.29 is 33.3 Å². The van der Waals surface area contributed by atoms with Crippen molar-refractivity contribution in [2.24, 2.45) is 0 Å². The highest BCUT2D eigenvalue weighted by molar-refractivity contribution is 6.46. The summed E-state index contributed by atoms with van der Waals surface area (Å²) in [4.78, 5) is 28.0. The van der Waals surface area contributed by atoms with E-state index in [1.807, 2.05) is 30.3 Å². The Morgan fingerprint density at radius 2 is 1.67 bits per heavy atom. The molecule has 1 N–H and O–H groups in total. The monoisotopic (exact) mass is 525 g/mol. The van der Waals surface area contributed by atoms with Gasteiger partial charge in [-0.1, -0.05) is 36.4 Å². The van der Waals surface area contributed by atoms with Crippen molar-refractivity contribution >= 4 is 17.4 Å². The first kappa shape index (κ1) is 25.7. The number of hydrogen-bond acceptors (Lipinski definition) is 7. The molecule has 3 aromatic carbocycles. The Labute approximate surface area is 225 Å². The summed E-state index contributed by atoms with van der Waals surface area (Å²) >= 11 is 0. The van der Waals surface area contributed by atoms with Gasteiger partial charge in [0.15, 0.2) is 11.5 Å². The summed E-state index contributed by atoms with van der Waals surface area (Å²) in [5.74, 6) is 0.211. The van der Waals surface area contributed by atoms with E-state index >= 15 is 0 Å².